The third-order valence-corrected chi connectivity index (χ3v) is 7.51. The maximum atomic E-state index is 6.56. The number of halogens is 1. The number of benzene rings is 3. The summed E-state index contributed by atoms with van der Waals surface area (Å²) in [6.07, 6.45) is 2.11. The summed E-state index contributed by atoms with van der Waals surface area (Å²) in [5.74, 6) is 1.30. The fourth-order valence-electron chi connectivity index (χ4n) is 5.02. The first-order valence-corrected chi connectivity index (χ1v) is 13.3. The first-order chi connectivity index (χ1) is 17.5. The quantitative estimate of drug-likeness (QED) is 0.275. The maximum absolute atomic E-state index is 6.56. The predicted octanol–water partition coefficient (Wildman–Crippen LogP) is 6.99. The van der Waals surface area contributed by atoms with Gasteiger partial charge in [0.05, 0.1) is 32.5 Å². The average Bonchev–Trinajstić information content (AvgIpc) is 2.91. The van der Waals surface area contributed by atoms with Gasteiger partial charge in [0, 0.05) is 18.9 Å². The Labute approximate surface area is 229 Å². The largest absolute Gasteiger partial charge is 0.494 e. The Kier molecular flexibility index (Phi) is 11.5. The number of ether oxygens (including phenoxy) is 3. The number of piperidine rings is 1. The summed E-state index contributed by atoms with van der Waals surface area (Å²) >= 11 is 0. The molecule has 1 heterocycles. The molecular formula is C32H42ClNO3. The van der Waals surface area contributed by atoms with E-state index in [1.54, 1.807) is 0 Å². The van der Waals surface area contributed by atoms with Crippen molar-refractivity contribution in [1.29, 1.82) is 0 Å². The molecule has 1 fully saturated rings. The van der Waals surface area contributed by atoms with Gasteiger partial charge >= 0.3 is 0 Å². The van der Waals surface area contributed by atoms with E-state index in [4.69, 9.17) is 14.2 Å². The van der Waals surface area contributed by atoms with Crippen molar-refractivity contribution in [3.8, 4) is 5.75 Å². The molecule has 1 aliphatic rings. The summed E-state index contributed by atoms with van der Waals surface area (Å²) in [5, 5.41) is 3.53. The molecule has 1 N–H and O–H groups in total. The number of rotatable bonds is 11. The molecule has 4 nitrogen and oxygen atoms in total. The summed E-state index contributed by atoms with van der Waals surface area (Å²) in [6, 6.07) is 21.2. The van der Waals surface area contributed by atoms with Gasteiger partial charge in [0.1, 0.15) is 5.75 Å². The summed E-state index contributed by atoms with van der Waals surface area (Å²) in [4.78, 5) is 0. The molecule has 1 aliphatic heterocycles. The molecule has 0 spiro atoms. The van der Waals surface area contributed by atoms with Crippen LogP contribution in [-0.2, 0) is 22.7 Å². The predicted molar refractivity (Wildman–Crippen MR) is 154 cm³/mol. The molecule has 0 aromatic heterocycles. The highest BCUT2D eigenvalue weighted by Gasteiger charge is 2.27. The molecule has 2 unspecified atom stereocenters. The van der Waals surface area contributed by atoms with Crippen molar-refractivity contribution in [3.05, 3.63) is 99.6 Å². The van der Waals surface area contributed by atoms with Gasteiger partial charge in [0.25, 0.3) is 0 Å². The van der Waals surface area contributed by atoms with Gasteiger partial charge in [-0.2, -0.15) is 0 Å². The monoisotopic (exact) mass is 523 g/mol. The van der Waals surface area contributed by atoms with Gasteiger partial charge in [-0.1, -0.05) is 48.5 Å². The standard InChI is InChI=1S/C32H41NO3.ClH/c1-23-19-24(2)26(4)31(25(23)3)22-36-32-20-33-16-15-30(32)28-11-13-29(14-12-28)35-18-8-17-34-21-27-9-6-5-7-10-27;/h5-7,9-14,19,30,32-33H,8,15-18,20-22H2,1-4H3;1H. The molecule has 37 heavy (non-hydrogen) atoms. The Morgan fingerprint density at radius 3 is 2.24 bits per heavy atom. The van der Waals surface area contributed by atoms with E-state index in [0.29, 0.717) is 32.3 Å². The fourth-order valence-corrected chi connectivity index (χ4v) is 5.02. The molecule has 4 rings (SSSR count). The molecule has 1 saturated heterocycles. The zero-order valence-corrected chi connectivity index (χ0v) is 23.5. The lowest BCUT2D eigenvalue weighted by Gasteiger charge is -2.33. The van der Waals surface area contributed by atoms with E-state index >= 15 is 0 Å². The lowest BCUT2D eigenvalue weighted by atomic mass is 9.87. The number of hydrogen-bond donors (Lipinski definition) is 1. The van der Waals surface area contributed by atoms with Gasteiger partial charge in [-0.05, 0) is 91.7 Å². The van der Waals surface area contributed by atoms with E-state index < -0.39 is 0 Å². The minimum Gasteiger partial charge on any atom is -0.494 e. The molecule has 5 heteroatoms. The van der Waals surface area contributed by atoms with Crippen LogP contribution in [0.25, 0.3) is 0 Å². The second-order valence-corrected chi connectivity index (χ2v) is 10.00. The lowest BCUT2D eigenvalue weighted by Crippen LogP contribution is -2.41. The second kappa shape index (κ2) is 14.5. The van der Waals surface area contributed by atoms with Gasteiger partial charge in [-0.25, -0.2) is 0 Å². The lowest BCUT2D eigenvalue weighted by molar-refractivity contribution is 0.0101. The molecule has 0 bridgehead atoms. The van der Waals surface area contributed by atoms with Crippen LogP contribution in [0.4, 0.5) is 0 Å². The van der Waals surface area contributed by atoms with Crippen LogP contribution in [0.5, 0.6) is 5.75 Å². The average molecular weight is 524 g/mol. The summed E-state index contributed by atoms with van der Waals surface area (Å²) in [5.41, 5.74) is 9.26. The van der Waals surface area contributed by atoms with Crippen molar-refractivity contribution in [2.75, 3.05) is 26.3 Å². The van der Waals surface area contributed by atoms with Crippen molar-refractivity contribution in [2.24, 2.45) is 0 Å². The van der Waals surface area contributed by atoms with Crippen molar-refractivity contribution in [3.63, 3.8) is 0 Å². The van der Waals surface area contributed by atoms with Crippen LogP contribution in [0.2, 0.25) is 0 Å². The zero-order chi connectivity index (χ0) is 25.3. The van der Waals surface area contributed by atoms with Crippen LogP contribution in [0, 0.1) is 27.7 Å². The molecule has 200 valence electrons. The molecular weight excluding hydrogens is 482 g/mol. The van der Waals surface area contributed by atoms with E-state index in [0.717, 1.165) is 31.7 Å². The SMILES string of the molecule is Cc1cc(C)c(C)c(COC2CNCCC2c2ccc(OCCCOCc3ccccc3)cc2)c1C.Cl. The van der Waals surface area contributed by atoms with Gasteiger partial charge in [-0.15, -0.1) is 12.4 Å². The van der Waals surface area contributed by atoms with Gasteiger partial charge in [-0.3, -0.25) is 0 Å². The van der Waals surface area contributed by atoms with Crippen LogP contribution in [0.15, 0.2) is 60.7 Å². The highest BCUT2D eigenvalue weighted by Crippen LogP contribution is 2.31. The van der Waals surface area contributed by atoms with E-state index in [1.165, 1.54) is 38.9 Å². The fraction of sp³-hybridized carbons (Fsp3) is 0.438. The third kappa shape index (κ3) is 8.05. The number of hydrogen-bond acceptors (Lipinski definition) is 4. The van der Waals surface area contributed by atoms with Gasteiger partial charge in [0.2, 0.25) is 0 Å². The molecule has 0 saturated carbocycles. The Balaban J connectivity index is 0.00000380. The first kappa shape index (κ1) is 29.2. The minimum atomic E-state index is 0. The number of aryl methyl sites for hydroxylation is 2. The Morgan fingerprint density at radius 1 is 0.838 bits per heavy atom. The molecule has 0 aliphatic carbocycles. The Hall–Kier alpha value is -2.37. The molecule has 0 amide bonds. The molecule has 2 atom stereocenters. The second-order valence-electron chi connectivity index (χ2n) is 10.00. The minimum absolute atomic E-state index is 0. The molecule has 3 aromatic carbocycles. The van der Waals surface area contributed by atoms with Gasteiger partial charge < -0.3 is 19.5 Å². The van der Waals surface area contributed by atoms with Crippen LogP contribution < -0.4 is 10.1 Å². The van der Waals surface area contributed by atoms with Crippen molar-refractivity contribution in [1.82, 2.24) is 5.32 Å². The van der Waals surface area contributed by atoms with Crippen molar-refractivity contribution >= 4 is 12.4 Å². The summed E-state index contributed by atoms with van der Waals surface area (Å²) in [6.45, 7) is 13.4. The maximum Gasteiger partial charge on any atom is 0.119 e. The van der Waals surface area contributed by atoms with Crippen LogP contribution in [0.3, 0.4) is 0 Å². The smallest absolute Gasteiger partial charge is 0.119 e. The Morgan fingerprint density at radius 2 is 1.54 bits per heavy atom. The molecule has 3 aromatic rings. The van der Waals surface area contributed by atoms with E-state index in [1.807, 2.05) is 18.2 Å². The number of nitrogens with one attached hydrogen (secondary N) is 1. The summed E-state index contributed by atoms with van der Waals surface area (Å²) in [7, 11) is 0. The first-order valence-electron chi connectivity index (χ1n) is 13.3. The normalized spacial score (nSPS) is 17.3. The zero-order valence-electron chi connectivity index (χ0n) is 22.7. The van der Waals surface area contributed by atoms with Crippen LogP contribution in [0.1, 0.15) is 57.7 Å². The highest BCUT2D eigenvalue weighted by molar-refractivity contribution is 5.85. The van der Waals surface area contributed by atoms with Crippen molar-refractivity contribution < 1.29 is 14.2 Å². The van der Waals surface area contributed by atoms with Crippen molar-refractivity contribution in [2.45, 2.75) is 65.8 Å². The summed E-state index contributed by atoms with van der Waals surface area (Å²) < 4.78 is 18.3. The van der Waals surface area contributed by atoms with E-state index in [-0.39, 0.29) is 18.5 Å². The molecule has 0 radical (unpaired) electrons. The van der Waals surface area contributed by atoms with Gasteiger partial charge in [0.15, 0.2) is 0 Å². The van der Waals surface area contributed by atoms with Crippen LogP contribution in [-0.4, -0.2) is 32.4 Å². The third-order valence-electron chi connectivity index (χ3n) is 7.51. The highest BCUT2D eigenvalue weighted by atomic mass is 35.5. The van der Waals surface area contributed by atoms with E-state index in [9.17, 15) is 0 Å². The van der Waals surface area contributed by atoms with E-state index in [2.05, 4.69) is 75.5 Å². The Bertz CT molecular complexity index is 1080. The topological polar surface area (TPSA) is 39.7 Å². The van der Waals surface area contributed by atoms with Crippen LogP contribution >= 0.6 is 12.4 Å².